The van der Waals surface area contributed by atoms with Gasteiger partial charge in [-0.1, -0.05) is 48.0 Å². The van der Waals surface area contributed by atoms with Gasteiger partial charge < -0.3 is 20.4 Å². The lowest BCUT2D eigenvalue weighted by Crippen LogP contribution is -2.17. The van der Waals surface area contributed by atoms with Crippen molar-refractivity contribution < 1.29 is 19.8 Å². The normalized spacial score (nSPS) is 12.8. The number of aliphatic carboxylic acids is 2. The van der Waals surface area contributed by atoms with Crippen LogP contribution in [0.3, 0.4) is 0 Å². The van der Waals surface area contributed by atoms with E-state index >= 15 is 0 Å². The summed E-state index contributed by atoms with van der Waals surface area (Å²) in [4.78, 5) is 21.5. The fourth-order valence-corrected chi connectivity index (χ4v) is 4.12. The minimum absolute atomic E-state index is 0.296. The summed E-state index contributed by atoms with van der Waals surface area (Å²) < 4.78 is 0. The molecule has 0 aromatic heterocycles. The van der Waals surface area contributed by atoms with E-state index in [1.54, 1.807) is 0 Å². The van der Waals surface area contributed by atoms with Crippen molar-refractivity contribution in [3.8, 4) is 0 Å². The molecule has 6 nitrogen and oxygen atoms in total. The lowest BCUT2D eigenvalue weighted by atomic mass is 9.99. The number of anilines is 2. The summed E-state index contributed by atoms with van der Waals surface area (Å²) in [5.74, 6) is -2.15. The zero-order valence-corrected chi connectivity index (χ0v) is 18.7. The number of halogens is 1. The van der Waals surface area contributed by atoms with E-state index in [4.69, 9.17) is 21.8 Å². The summed E-state index contributed by atoms with van der Waals surface area (Å²) >= 11 is 6.62. The number of carboxylic acid groups (broad SMARTS) is 2. The molecule has 7 heteroatoms. The third-order valence-electron chi connectivity index (χ3n) is 5.46. The second kappa shape index (κ2) is 11.0. The van der Waals surface area contributed by atoms with Crippen LogP contribution in [0.15, 0.2) is 54.6 Å². The summed E-state index contributed by atoms with van der Waals surface area (Å²) in [5.41, 5.74) is 5.10. The predicted octanol–water partition coefficient (Wildman–Crippen LogP) is 4.89. The Hall–Kier alpha value is -3.09. The van der Waals surface area contributed by atoms with Gasteiger partial charge in [0.25, 0.3) is 0 Å². The number of benzene rings is 3. The maximum Gasteiger partial charge on any atom is 0.303 e. The summed E-state index contributed by atoms with van der Waals surface area (Å²) in [6, 6.07) is 19.3. The Morgan fingerprint density at radius 2 is 1.59 bits per heavy atom. The van der Waals surface area contributed by atoms with Gasteiger partial charge in [-0.2, -0.15) is 0 Å². The molecule has 0 radical (unpaired) electrons. The Balaban J connectivity index is 0.000000312. The van der Waals surface area contributed by atoms with Crippen LogP contribution in [-0.2, 0) is 22.4 Å². The van der Waals surface area contributed by atoms with Crippen LogP contribution in [0.2, 0.25) is 5.02 Å². The zero-order valence-electron chi connectivity index (χ0n) is 18.0. The smallest absolute Gasteiger partial charge is 0.303 e. The lowest BCUT2D eigenvalue weighted by Gasteiger charge is -2.25. The number of nitrogens with zero attached hydrogens (tertiary/aromatic N) is 1. The Labute approximate surface area is 192 Å². The number of carbonyl (C=O) groups is 2. The van der Waals surface area contributed by atoms with Gasteiger partial charge >= 0.3 is 11.9 Å². The molecule has 32 heavy (non-hydrogen) atoms. The van der Waals surface area contributed by atoms with Crippen LogP contribution in [-0.4, -0.2) is 42.3 Å². The number of carboxylic acids is 2. The van der Waals surface area contributed by atoms with E-state index in [1.165, 1.54) is 27.6 Å². The molecule has 0 aliphatic carbocycles. The van der Waals surface area contributed by atoms with Crippen LogP contribution in [0.5, 0.6) is 0 Å². The SMILES string of the molecule is CN(c1ccc2ccccc2c1)c1c(Cl)ccc2c1CCNCC2.O=C(O)CCC(=O)O. The summed E-state index contributed by atoms with van der Waals surface area (Å²) in [6.45, 7) is 2.04. The fraction of sp³-hybridized carbons (Fsp3) is 0.280. The standard InChI is InChI=1S/C21H21ClN2.C4H6O4/c1-24(18-8-6-15-4-2-3-5-17(15)14-18)21-19-11-13-23-12-10-16(19)7-9-20(21)22;5-3(6)1-2-4(7)8/h2-9,14,23H,10-13H2,1H3;1-2H2,(H,5,6)(H,7,8). The van der Waals surface area contributed by atoms with Crippen molar-refractivity contribution in [3.63, 3.8) is 0 Å². The van der Waals surface area contributed by atoms with E-state index in [0.29, 0.717) is 0 Å². The predicted molar refractivity (Wildman–Crippen MR) is 128 cm³/mol. The highest BCUT2D eigenvalue weighted by molar-refractivity contribution is 6.33. The van der Waals surface area contributed by atoms with Gasteiger partial charge in [-0.25, -0.2) is 0 Å². The average Bonchev–Trinajstić information content (AvgIpc) is 3.03. The van der Waals surface area contributed by atoms with E-state index in [-0.39, 0.29) is 12.8 Å². The van der Waals surface area contributed by atoms with Crippen molar-refractivity contribution in [2.75, 3.05) is 25.0 Å². The molecular formula is C25H27ClN2O4. The molecule has 0 saturated heterocycles. The molecule has 0 fully saturated rings. The van der Waals surface area contributed by atoms with Gasteiger partial charge in [0.15, 0.2) is 0 Å². The van der Waals surface area contributed by atoms with E-state index in [1.807, 2.05) is 6.07 Å². The number of hydrogen-bond acceptors (Lipinski definition) is 4. The molecule has 0 unspecified atom stereocenters. The molecule has 1 heterocycles. The zero-order chi connectivity index (χ0) is 23.1. The van der Waals surface area contributed by atoms with E-state index < -0.39 is 11.9 Å². The minimum Gasteiger partial charge on any atom is -0.481 e. The van der Waals surface area contributed by atoms with E-state index in [9.17, 15) is 9.59 Å². The first-order valence-electron chi connectivity index (χ1n) is 10.5. The first kappa shape index (κ1) is 23.6. The molecular weight excluding hydrogens is 428 g/mol. The van der Waals surface area contributed by atoms with Gasteiger partial charge in [0.05, 0.1) is 23.6 Å². The number of nitrogens with one attached hydrogen (secondary N) is 1. The second-order valence-electron chi connectivity index (χ2n) is 7.66. The molecule has 168 valence electrons. The molecule has 0 atom stereocenters. The summed E-state index contributed by atoms with van der Waals surface area (Å²) in [5, 5.41) is 22.6. The largest absolute Gasteiger partial charge is 0.481 e. The van der Waals surface area contributed by atoms with Crippen molar-refractivity contribution in [3.05, 3.63) is 70.7 Å². The van der Waals surface area contributed by atoms with Gasteiger partial charge in [-0.15, -0.1) is 0 Å². The molecule has 4 rings (SSSR count). The fourth-order valence-electron chi connectivity index (χ4n) is 3.82. The lowest BCUT2D eigenvalue weighted by molar-refractivity contribution is -0.143. The van der Waals surface area contributed by atoms with Crippen molar-refractivity contribution >= 4 is 45.7 Å². The maximum atomic E-state index is 9.64. The van der Waals surface area contributed by atoms with Crippen molar-refractivity contribution in [1.82, 2.24) is 5.32 Å². The Morgan fingerprint density at radius 1 is 0.938 bits per heavy atom. The van der Waals surface area contributed by atoms with Crippen molar-refractivity contribution in [2.24, 2.45) is 0 Å². The highest BCUT2D eigenvalue weighted by Gasteiger charge is 2.18. The average molecular weight is 455 g/mol. The van der Waals surface area contributed by atoms with Crippen LogP contribution in [0.1, 0.15) is 24.0 Å². The summed E-state index contributed by atoms with van der Waals surface area (Å²) in [7, 11) is 2.12. The molecule has 3 aromatic carbocycles. The number of fused-ring (bicyclic) bond motifs is 2. The molecule has 3 N–H and O–H groups in total. The first-order chi connectivity index (χ1) is 15.4. The topological polar surface area (TPSA) is 89.9 Å². The molecule has 3 aromatic rings. The van der Waals surface area contributed by atoms with Crippen LogP contribution in [0.25, 0.3) is 10.8 Å². The van der Waals surface area contributed by atoms with Gasteiger partial charge in [0.2, 0.25) is 0 Å². The highest BCUT2D eigenvalue weighted by Crippen LogP contribution is 2.37. The highest BCUT2D eigenvalue weighted by atomic mass is 35.5. The molecule has 0 spiro atoms. The van der Waals surface area contributed by atoms with Gasteiger partial charge in [-0.05, 0) is 66.0 Å². The first-order valence-corrected chi connectivity index (χ1v) is 10.9. The van der Waals surface area contributed by atoms with Crippen LogP contribution in [0.4, 0.5) is 11.4 Å². The molecule has 1 aliphatic rings. The second-order valence-corrected chi connectivity index (χ2v) is 8.07. The van der Waals surface area contributed by atoms with Gasteiger partial charge in [0.1, 0.15) is 0 Å². The van der Waals surface area contributed by atoms with Gasteiger partial charge in [0, 0.05) is 12.7 Å². The molecule has 1 aliphatic heterocycles. The van der Waals surface area contributed by atoms with Crippen LogP contribution < -0.4 is 10.2 Å². The Bertz CT molecular complexity index is 1100. The summed E-state index contributed by atoms with van der Waals surface area (Å²) in [6.07, 6.45) is 1.48. The Morgan fingerprint density at radius 3 is 2.28 bits per heavy atom. The monoisotopic (exact) mass is 454 g/mol. The quantitative estimate of drug-likeness (QED) is 0.508. The maximum absolute atomic E-state index is 9.64. The third kappa shape index (κ3) is 5.99. The van der Waals surface area contributed by atoms with E-state index in [2.05, 4.69) is 65.8 Å². The van der Waals surface area contributed by atoms with E-state index in [0.717, 1.165) is 36.6 Å². The molecule has 0 bridgehead atoms. The van der Waals surface area contributed by atoms with Crippen molar-refractivity contribution in [2.45, 2.75) is 25.7 Å². The van der Waals surface area contributed by atoms with Crippen molar-refractivity contribution in [1.29, 1.82) is 0 Å². The van der Waals surface area contributed by atoms with Crippen LogP contribution in [0, 0.1) is 0 Å². The Kier molecular flexibility index (Phi) is 8.09. The van der Waals surface area contributed by atoms with Crippen LogP contribution >= 0.6 is 11.6 Å². The number of hydrogen-bond donors (Lipinski definition) is 3. The minimum atomic E-state index is -1.08. The third-order valence-corrected chi connectivity index (χ3v) is 5.77. The molecule has 0 saturated carbocycles. The number of rotatable bonds is 5. The van der Waals surface area contributed by atoms with Gasteiger partial charge in [-0.3, -0.25) is 9.59 Å². The molecule has 0 amide bonds.